The molecule has 0 saturated carbocycles. The summed E-state index contributed by atoms with van der Waals surface area (Å²) in [5.41, 5.74) is 2.65. The summed E-state index contributed by atoms with van der Waals surface area (Å²) in [5.74, 6) is 0.424. The van der Waals surface area contributed by atoms with Crippen LogP contribution in [-0.2, 0) is 11.3 Å². The first-order chi connectivity index (χ1) is 16.2. The molecule has 0 bridgehead atoms. The van der Waals surface area contributed by atoms with Crippen LogP contribution in [0.2, 0.25) is 0 Å². The summed E-state index contributed by atoms with van der Waals surface area (Å²) in [6.07, 6.45) is 0. The monoisotopic (exact) mass is 434 g/mol. The summed E-state index contributed by atoms with van der Waals surface area (Å²) in [7, 11) is 0. The average molecular weight is 434 g/mol. The summed E-state index contributed by atoms with van der Waals surface area (Å²) in [4.78, 5) is 29.0. The van der Waals surface area contributed by atoms with E-state index < -0.39 is 6.04 Å². The molecule has 2 amide bonds. The van der Waals surface area contributed by atoms with E-state index in [1.54, 1.807) is 24.3 Å². The van der Waals surface area contributed by atoms with Gasteiger partial charge >= 0.3 is 0 Å². The SMILES string of the molecule is O=C(NCc1ccccc1)C(c1ccccc1)N1C(=O)c2ccccc2Oc2ccccc21. The number of nitrogens with one attached hydrogen (secondary N) is 1. The van der Waals surface area contributed by atoms with Crippen LogP contribution in [0.4, 0.5) is 5.69 Å². The van der Waals surface area contributed by atoms with Gasteiger partial charge in [0, 0.05) is 6.54 Å². The average Bonchev–Trinajstić information content (AvgIpc) is 2.99. The zero-order chi connectivity index (χ0) is 22.6. The fraction of sp³-hybridized carbons (Fsp3) is 0.0714. The molecule has 33 heavy (non-hydrogen) atoms. The number of carbonyl (C=O) groups is 2. The molecule has 4 aromatic carbocycles. The highest BCUT2D eigenvalue weighted by Crippen LogP contribution is 2.42. The zero-order valence-electron chi connectivity index (χ0n) is 17.8. The Morgan fingerprint density at radius 1 is 0.758 bits per heavy atom. The van der Waals surface area contributed by atoms with Crippen molar-refractivity contribution in [3.05, 3.63) is 126 Å². The molecule has 0 spiro atoms. The highest BCUT2D eigenvalue weighted by atomic mass is 16.5. The van der Waals surface area contributed by atoms with Crippen LogP contribution in [0.3, 0.4) is 0 Å². The van der Waals surface area contributed by atoms with Crippen LogP contribution in [0.15, 0.2) is 109 Å². The summed E-state index contributed by atoms with van der Waals surface area (Å²) in [6, 6.07) is 32.6. The van der Waals surface area contributed by atoms with Crippen LogP contribution in [0.25, 0.3) is 0 Å². The maximum absolute atomic E-state index is 13.9. The Kier molecular flexibility index (Phi) is 5.60. The number of hydrogen-bond donors (Lipinski definition) is 1. The third-order valence-corrected chi connectivity index (χ3v) is 5.61. The van der Waals surface area contributed by atoms with E-state index >= 15 is 0 Å². The third-order valence-electron chi connectivity index (χ3n) is 5.61. The summed E-state index contributed by atoms with van der Waals surface area (Å²) < 4.78 is 6.10. The second kappa shape index (κ2) is 9.01. The quantitative estimate of drug-likeness (QED) is 0.451. The number of anilines is 1. The number of nitrogens with zero attached hydrogens (tertiary/aromatic N) is 1. The molecule has 5 rings (SSSR count). The van der Waals surface area contributed by atoms with Crippen LogP contribution in [0.5, 0.6) is 11.5 Å². The van der Waals surface area contributed by atoms with E-state index in [0.717, 1.165) is 5.56 Å². The predicted molar refractivity (Wildman–Crippen MR) is 127 cm³/mol. The lowest BCUT2D eigenvalue weighted by Crippen LogP contribution is -2.43. The van der Waals surface area contributed by atoms with Gasteiger partial charge in [-0.2, -0.15) is 0 Å². The lowest BCUT2D eigenvalue weighted by atomic mass is 10.0. The smallest absolute Gasteiger partial charge is 0.263 e. The predicted octanol–water partition coefficient (Wildman–Crippen LogP) is 5.50. The van der Waals surface area contributed by atoms with Crippen LogP contribution in [0, 0.1) is 0 Å². The molecule has 5 nitrogen and oxygen atoms in total. The molecule has 0 radical (unpaired) electrons. The lowest BCUT2D eigenvalue weighted by Gasteiger charge is -2.31. The molecule has 0 aliphatic carbocycles. The standard InChI is InChI=1S/C28H22N2O3/c31-27(29-19-20-11-3-1-4-12-20)26(21-13-5-2-6-14-21)30-23-16-8-10-18-25(23)33-24-17-9-7-15-22(24)28(30)32/h1-18,26H,19H2,(H,29,31). The minimum Gasteiger partial charge on any atom is -0.454 e. The Morgan fingerprint density at radius 3 is 2.12 bits per heavy atom. The summed E-state index contributed by atoms with van der Waals surface area (Å²) in [6.45, 7) is 0.361. The topological polar surface area (TPSA) is 58.6 Å². The molecular weight excluding hydrogens is 412 g/mol. The van der Waals surface area contributed by atoms with Crippen molar-refractivity contribution in [1.29, 1.82) is 0 Å². The highest BCUT2D eigenvalue weighted by molar-refractivity contribution is 6.13. The second-order valence-corrected chi connectivity index (χ2v) is 7.76. The molecule has 1 aliphatic rings. The Balaban J connectivity index is 1.60. The Labute approximate surface area is 192 Å². The largest absolute Gasteiger partial charge is 0.454 e. The van der Waals surface area contributed by atoms with Gasteiger partial charge < -0.3 is 10.1 Å². The number of hydrogen-bond acceptors (Lipinski definition) is 3. The van der Waals surface area contributed by atoms with Gasteiger partial charge in [0.1, 0.15) is 11.8 Å². The van der Waals surface area contributed by atoms with Crippen molar-refractivity contribution in [3.63, 3.8) is 0 Å². The lowest BCUT2D eigenvalue weighted by molar-refractivity contribution is -0.122. The molecule has 0 aromatic heterocycles. The first-order valence-corrected chi connectivity index (χ1v) is 10.8. The number of ether oxygens (including phenoxy) is 1. The van der Waals surface area contributed by atoms with Gasteiger partial charge in [-0.05, 0) is 35.4 Å². The van der Waals surface area contributed by atoms with E-state index in [2.05, 4.69) is 5.32 Å². The van der Waals surface area contributed by atoms with E-state index in [0.29, 0.717) is 34.9 Å². The molecule has 0 saturated heterocycles. The van der Waals surface area contributed by atoms with E-state index in [1.165, 1.54) is 4.90 Å². The van der Waals surface area contributed by atoms with Crippen LogP contribution in [0.1, 0.15) is 27.5 Å². The molecule has 1 unspecified atom stereocenters. The molecule has 0 fully saturated rings. The maximum Gasteiger partial charge on any atom is 0.263 e. The fourth-order valence-electron chi connectivity index (χ4n) is 4.02. The van der Waals surface area contributed by atoms with Gasteiger partial charge in [-0.3, -0.25) is 14.5 Å². The number of benzene rings is 4. The minimum absolute atomic E-state index is 0.271. The normalized spacial score (nSPS) is 13.2. The number of carbonyl (C=O) groups excluding carboxylic acids is 2. The van der Waals surface area contributed by atoms with Crippen molar-refractivity contribution in [2.75, 3.05) is 4.90 Å². The Bertz CT molecular complexity index is 1290. The van der Waals surface area contributed by atoms with Crippen molar-refractivity contribution < 1.29 is 14.3 Å². The van der Waals surface area contributed by atoms with Crippen molar-refractivity contribution in [3.8, 4) is 11.5 Å². The van der Waals surface area contributed by atoms with Crippen molar-refractivity contribution in [2.24, 2.45) is 0 Å². The van der Waals surface area contributed by atoms with Gasteiger partial charge in [-0.15, -0.1) is 0 Å². The Morgan fingerprint density at radius 2 is 1.36 bits per heavy atom. The van der Waals surface area contributed by atoms with Crippen LogP contribution in [-0.4, -0.2) is 11.8 Å². The first kappa shape index (κ1) is 20.5. The Hall–Kier alpha value is -4.38. The van der Waals surface area contributed by atoms with Gasteiger partial charge in [0.05, 0.1) is 11.3 Å². The van der Waals surface area contributed by atoms with Gasteiger partial charge in [-0.1, -0.05) is 84.9 Å². The molecule has 1 aliphatic heterocycles. The maximum atomic E-state index is 13.9. The minimum atomic E-state index is -0.877. The molecule has 1 N–H and O–H groups in total. The first-order valence-electron chi connectivity index (χ1n) is 10.8. The molecule has 162 valence electrons. The zero-order valence-corrected chi connectivity index (χ0v) is 17.8. The molecule has 1 atom stereocenters. The summed E-state index contributed by atoms with van der Waals surface area (Å²) >= 11 is 0. The number of para-hydroxylation sites is 3. The highest BCUT2D eigenvalue weighted by Gasteiger charge is 2.37. The second-order valence-electron chi connectivity index (χ2n) is 7.76. The summed E-state index contributed by atoms with van der Waals surface area (Å²) in [5, 5.41) is 3.02. The van der Waals surface area contributed by atoms with E-state index in [-0.39, 0.29) is 11.8 Å². The van der Waals surface area contributed by atoms with Gasteiger partial charge in [0.15, 0.2) is 5.75 Å². The third kappa shape index (κ3) is 4.08. The van der Waals surface area contributed by atoms with Gasteiger partial charge in [0.2, 0.25) is 5.91 Å². The fourth-order valence-corrected chi connectivity index (χ4v) is 4.02. The van der Waals surface area contributed by atoms with Crippen molar-refractivity contribution in [1.82, 2.24) is 5.32 Å². The molecule has 5 heteroatoms. The van der Waals surface area contributed by atoms with Gasteiger partial charge in [0.25, 0.3) is 5.91 Å². The van der Waals surface area contributed by atoms with Crippen molar-refractivity contribution in [2.45, 2.75) is 12.6 Å². The molecule has 1 heterocycles. The number of amides is 2. The molecule has 4 aromatic rings. The number of fused-ring (bicyclic) bond motifs is 2. The molecular formula is C28H22N2O3. The number of rotatable bonds is 5. The van der Waals surface area contributed by atoms with E-state index in [1.807, 2.05) is 84.9 Å². The van der Waals surface area contributed by atoms with E-state index in [9.17, 15) is 9.59 Å². The van der Waals surface area contributed by atoms with E-state index in [4.69, 9.17) is 4.74 Å². The van der Waals surface area contributed by atoms with Gasteiger partial charge in [-0.25, -0.2) is 0 Å². The van der Waals surface area contributed by atoms with Crippen LogP contribution < -0.4 is 15.0 Å². The van der Waals surface area contributed by atoms with Crippen LogP contribution >= 0.6 is 0 Å². The van der Waals surface area contributed by atoms with Crippen molar-refractivity contribution >= 4 is 17.5 Å².